The summed E-state index contributed by atoms with van der Waals surface area (Å²) in [4.78, 5) is 0. The Morgan fingerprint density at radius 1 is 1.00 bits per heavy atom. The van der Waals surface area contributed by atoms with Crippen molar-refractivity contribution in [3.8, 4) is 0 Å². The van der Waals surface area contributed by atoms with E-state index in [4.69, 9.17) is 5.41 Å². The molecule has 2 heteroatoms. The van der Waals surface area contributed by atoms with Crippen molar-refractivity contribution in [1.82, 2.24) is 0 Å². The van der Waals surface area contributed by atoms with Gasteiger partial charge in [-0.2, -0.15) is 0 Å². The summed E-state index contributed by atoms with van der Waals surface area (Å²) in [5.74, 6) is 0. The van der Waals surface area contributed by atoms with Gasteiger partial charge in [-0.05, 0) is 62.4 Å². The second kappa shape index (κ2) is 16.6. The topological polar surface area (TPSA) is 35.9 Å². The average Bonchev–Trinajstić information content (AvgIpc) is 2.73. The van der Waals surface area contributed by atoms with Gasteiger partial charge >= 0.3 is 0 Å². The third kappa shape index (κ3) is 11.9. The summed E-state index contributed by atoms with van der Waals surface area (Å²) in [7, 11) is 0. The molecule has 2 rings (SSSR count). The molecule has 0 radical (unpaired) electrons. The molecule has 0 saturated carbocycles. The van der Waals surface area contributed by atoms with Crippen LogP contribution in [0.15, 0.2) is 66.9 Å². The van der Waals surface area contributed by atoms with Crippen molar-refractivity contribution in [2.75, 3.05) is 11.9 Å². The summed E-state index contributed by atoms with van der Waals surface area (Å²) >= 11 is 0. The van der Waals surface area contributed by atoms with Crippen LogP contribution < -0.4 is 5.32 Å². The van der Waals surface area contributed by atoms with E-state index in [1.165, 1.54) is 22.4 Å². The van der Waals surface area contributed by atoms with E-state index in [9.17, 15) is 0 Å². The Morgan fingerprint density at radius 2 is 1.57 bits per heavy atom. The van der Waals surface area contributed by atoms with Crippen LogP contribution in [0.5, 0.6) is 0 Å². The summed E-state index contributed by atoms with van der Waals surface area (Å²) in [6, 6.07) is 17.0. The molecule has 2 N–H and O–H groups in total. The lowest BCUT2D eigenvalue weighted by Gasteiger charge is -2.03. The molecule has 0 heterocycles. The van der Waals surface area contributed by atoms with Gasteiger partial charge in [0.1, 0.15) is 0 Å². The number of aryl methyl sites for hydroxylation is 2. The standard InChI is InChI=1S/C13H17N.C11H15N.C2H6/c1-3-5-6-7-12-8-10-13(11-9-12)14-4-2;1-3-11(12)8-10-6-4-9(2)5-7-10;1-2/h5,8-11,14H,1,4,6-7H2,2H3;4-7,12H,3,8H2,1-2H3;1-2H3. The van der Waals surface area contributed by atoms with Crippen molar-refractivity contribution in [3.05, 3.63) is 83.6 Å². The Balaban J connectivity index is 0.000000483. The lowest BCUT2D eigenvalue weighted by atomic mass is 10.1. The van der Waals surface area contributed by atoms with Crippen molar-refractivity contribution >= 4 is 11.4 Å². The van der Waals surface area contributed by atoms with E-state index in [0.29, 0.717) is 0 Å². The first-order valence-corrected chi connectivity index (χ1v) is 10.4. The fourth-order valence-electron chi connectivity index (χ4n) is 2.41. The molecule has 0 bridgehead atoms. The Bertz CT molecular complexity index is 690. The van der Waals surface area contributed by atoms with Crippen molar-refractivity contribution in [1.29, 1.82) is 5.41 Å². The molecular formula is C26H38N2. The monoisotopic (exact) mass is 378 g/mol. The van der Waals surface area contributed by atoms with Crippen LogP contribution in [0.2, 0.25) is 0 Å². The zero-order valence-electron chi connectivity index (χ0n) is 18.4. The van der Waals surface area contributed by atoms with E-state index >= 15 is 0 Å². The van der Waals surface area contributed by atoms with Gasteiger partial charge in [-0.25, -0.2) is 0 Å². The summed E-state index contributed by atoms with van der Waals surface area (Å²) in [6.45, 7) is 14.7. The number of benzene rings is 2. The Labute approximate surface area is 172 Å². The minimum absolute atomic E-state index is 0.802. The fraction of sp³-hybridized carbons (Fsp3) is 0.385. The van der Waals surface area contributed by atoms with E-state index in [1.54, 1.807) is 0 Å². The summed E-state index contributed by atoms with van der Waals surface area (Å²) in [5.41, 5.74) is 8.66. The van der Waals surface area contributed by atoms with E-state index in [0.717, 1.165) is 37.9 Å². The van der Waals surface area contributed by atoms with Crippen LogP contribution in [0.4, 0.5) is 5.69 Å². The Hall–Kier alpha value is -2.57. The maximum Gasteiger partial charge on any atom is 0.0340 e. The SMILES string of the molecule is C=C=CCCc1ccc(NCC)cc1.CC.CCC(=N)Cc1ccc(C)cc1. The molecular weight excluding hydrogens is 340 g/mol. The van der Waals surface area contributed by atoms with Gasteiger partial charge in [-0.3, -0.25) is 0 Å². The van der Waals surface area contributed by atoms with Crippen molar-refractivity contribution < 1.29 is 0 Å². The lowest BCUT2D eigenvalue weighted by Crippen LogP contribution is -1.98. The maximum atomic E-state index is 7.53. The van der Waals surface area contributed by atoms with Crippen molar-refractivity contribution in [2.24, 2.45) is 0 Å². The van der Waals surface area contributed by atoms with E-state index in [-0.39, 0.29) is 0 Å². The predicted octanol–water partition coefficient (Wildman–Crippen LogP) is 7.39. The Kier molecular flexibility index (Phi) is 15.1. The van der Waals surface area contributed by atoms with Crippen LogP contribution in [0.25, 0.3) is 0 Å². The fourth-order valence-corrected chi connectivity index (χ4v) is 2.41. The molecule has 0 spiro atoms. The number of rotatable bonds is 8. The predicted molar refractivity (Wildman–Crippen MR) is 127 cm³/mol. The third-order valence-corrected chi connectivity index (χ3v) is 4.02. The van der Waals surface area contributed by atoms with Crippen LogP contribution >= 0.6 is 0 Å². The smallest absolute Gasteiger partial charge is 0.0340 e. The zero-order valence-corrected chi connectivity index (χ0v) is 18.4. The van der Waals surface area contributed by atoms with Gasteiger partial charge in [0.25, 0.3) is 0 Å². The van der Waals surface area contributed by atoms with Gasteiger partial charge in [0, 0.05) is 24.4 Å². The molecule has 0 amide bonds. The highest BCUT2D eigenvalue weighted by molar-refractivity contribution is 5.83. The second-order valence-corrected chi connectivity index (χ2v) is 6.29. The number of hydrogen-bond acceptors (Lipinski definition) is 2. The molecule has 152 valence electrons. The molecule has 2 aromatic carbocycles. The largest absolute Gasteiger partial charge is 0.385 e. The number of allylic oxidation sites excluding steroid dienone is 1. The molecule has 2 aromatic rings. The molecule has 0 saturated heterocycles. The van der Waals surface area contributed by atoms with Crippen LogP contribution in [0.3, 0.4) is 0 Å². The molecule has 0 aromatic heterocycles. The number of nitrogens with one attached hydrogen (secondary N) is 2. The average molecular weight is 379 g/mol. The summed E-state index contributed by atoms with van der Waals surface area (Å²) in [6.07, 6.45) is 5.71. The number of anilines is 1. The molecule has 0 atom stereocenters. The molecule has 0 aliphatic rings. The Morgan fingerprint density at radius 3 is 2.07 bits per heavy atom. The quantitative estimate of drug-likeness (QED) is 0.364. The maximum absolute atomic E-state index is 7.53. The van der Waals surface area contributed by atoms with Gasteiger partial charge in [-0.15, -0.1) is 5.73 Å². The van der Waals surface area contributed by atoms with Gasteiger partial charge in [-0.1, -0.05) is 69.3 Å². The van der Waals surface area contributed by atoms with E-state index in [2.05, 4.69) is 80.0 Å². The van der Waals surface area contributed by atoms with E-state index in [1.807, 2.05) is 26.8 Å². The molecule has 0 aliphatic carbocycles. The van der Waals surface area contributed by atoms with Crippen LogP contribution in [0.1, 0.15) is 57.2 Å². The van der Waals surface area contributed by atoms with Gasteiger partial charge in [0.15, 0.2) is 0 Å². The highest BCUT2D eigenvalue weighted by atomic mass is 14.8. The minimum atomic E-state index is 0.802. The minimum Gasteiger partial charge on any atom is -0.385 e. The molecule has 0 fully saturated rings. The zero-order chi connectivity index (χ0) is 21.2. The molecule has 2 nitrogen and oxygen atoms in total. The van der Waals surface area contributed by atoms with Gasteiger partial charge in [0.05, 0.1) is 0 Å². The van der Waals surface area contributed by atoms with Crippen molar-refractivity contribution in [3.63, 3.8) is 0 Å². The van der Waals surface area contributed by atoms with Gasteiger partial charge < -0.3 is 10.7 Å². The van der Waals surface area contributed by atoms with Gasteiger partial charge in [0.2, 0.25) is 0 Å². The third-order valence-electron chi connectivity index (χ3n) is 4.02. The summed E-state index contributed by atoms with van der Waals surface area (Å²) < 4.78 is 0. The lowest BCUT2D eigenvalue weighted by molar-refractivity contribution is 1.00. The second-order valence-electron chi connectivity index (χ2n) is 6.29. The first-order valence-electron chi connectivity index (χ1n) is 10.4. The van der Waals surface area contributed by atoms with E-state index < -0.39 is 0 Å². The highest BCUT2D eigenvalue weighted by Crippen LogP contribution is 2.10. The molecule has 0 aliphatic heterocycles. The van der Waals surface area contributed by atoms with Crippen LogP contribution in [0, 0.1) is 12.3 Å². The van der Waals surface area contributed by atoms with Crippen LogP contribution in [-0.4, -0.2) is 12.3 Å². The normalized spacial score (nSPS) is 9.04. The number of hydrogen-bond donors (Lipinski definition) is 2. The highest BCUT2D eigenvalue weighted by Gasteiger charge is 1.96. The first-order chi connectivity index (χ1) is 13.6. The molecule has 28 heavy (non-hydrogen) atoms. The molecule has 0 unspecified atom stereocenters. The summed E-state index contributed by atoms with van der Waals surface area (Å²) in [5, 5.41) is 10.8. The van der Waals surface area contributed by atoms with Crippen molar-refractivity contribution in [2.45, 2.75) is 60.3 Å². The first kappa shape index (κ1) is 25.4. The van der Waals surface area contributed by atoms with Crippen LogP contribution in [-0.2, 0) is 12.8 Å².